The van der Waals surface area contributed by atoms with Gasteiger partial charge in [-0.05, 0) is 49.5 Å². The standard InChI is InChI=1S/C27H32ClN7O4/c1-15-3-5-16(6-4-15)14-35-21-20(18-11-19(28)13-29-12-18)30-24(25-33-27(36)39-34-25)31-23(21)32-26(35)22(37-2)17-7-9-38-10-8-17/h11-13,15-17,22H,3-10,14H2,1-2H3,(H,33,34,36)/t15-,16-,22?. The fourth-order valence-electron chi connectivity index (χ4n) is 5.93. The highest BCUT2D eigenvalue weighted by atomic mass is 35.5. The first-order chi connectivity index (χ1) is 19.0. The zero-order valence-electron chi connectivity index (χ0n) is 22.1. The van der Waals surface area contributed by atoms with Gasteiger partial charge in [0, 0.05) is 44.8 Å². The Kier molecular flexibility index (Phi) is 7.46. The summed E-state index contributed by atoms with van der Waals surface area (Å²) in [4.78, 5) is 33.3. The molecule has 0 amide bonds. The first-order valence-corrected chi connectivity index (χ1v) is 13.9. The number of hydrogen-bond donors (Lipinski definition) is 1. The molecule has 39 heavy (non-hydrogen) atoms. The molecule has 12 heteroatoms. The van der Waals surface area contributed by atoms with Crippen molar-refractivity contribution in [3.63, 3.8) is 0 Å². The molecule has 1 atom stereocenters. The second-order valence-electron chi connectivity index (χ2n) is 10.7. The molecule has 2 fully saturated rings. The third-order valence-corrected chi connectivity index (χ3v) is 8.25. The maximum Gasteiger partial charge on any atom is 0.439 e. The second kappa shape index (κ2) is 11.1. The number of H-pyrrole nitrogens is 1. The normalized spacial score (nSPS) is 21.4. The van der Waals surface area contributed by atoms with E-state index in [1.54, 1.807) is 19.5 Å². The number of aromatic amines is 1. The third-order valence-electron chi connectivity index (χ3n) is 8.04. The molecule has 0 bridgehead atoms. The van der Waals surface area contributed by atoms with E-state index in [-0.39, 0.29) is 23.7 Å². The molecule has 6 rings (SSSR count). The van der Waals surface area contributed by atoms with Crippen LogP contribution in [0.5, 0.6) is 0 Å². The summed E-state index contributed by atoms with van der Waals surface area (Å²) < 4.78 is 18.8. The molecule has 0 radical (unpaired) electrons. The van der Waals surface area contributed by atoms with E-state index in [4.69, 9.17) is 40.5 Å². The summed E-state index contributed by atoms with van der Waals surface area (Å²) in [5.74, 6) is 1.99. The zero-order chi connectivity index (χ0) is 26.9. The Bertz CT molecular complexity index is 1500. The van der Waals surface area contributed by atoms with E-state index < -0.39 is 5.76 Å². The smallest absolute Gasteiger partial charge is 0.381 e. The van der Waals surface area contributed by atoms with Crippen molar-refractivity contribution >= 4 is 22.8 Å². The van der Waals surface area contributed by atoms with Gasteiger partial charge in [-0.15, -0.1) is 0 Å². The number of nitrogens with one attached hydrogen (secondary N) is 1. The van der Waals surface area contributed by atoms with Gasteiger partial charge in [0.2, 0.25) is 11.6 Å². The van der Waals surface area contributed by atoms with Gasteiger partial charge in [0.1, 0.15) is 23.1 Å². The molecule has 1 aliphatic heterocycles. The maximum atomic E-state index is 11.7. The van der Waals surface area contributed by atoms with Crippen LogP contribution in [-0.4, -0.2) is 55.0 Å². The maximum absolute atomic E-state index is 11.7. The monoisotopic (exact) mass is 553 g/mol. The summed E-state index contributed by atoms with van der Waals surface area (Å²) >= 11 is 6.36. The minimum atomic E-state index is -0.684. The Balaban J connectivity index is 1.57. The van der Waals surface area contributed by atoms with Gasteiger partial charge >= 0.3 is 5.76 Å². The fourth-order valence-corrected chi connectivity index (χ4v) is 6.10. The van der Waals surface area contributed by atoms with Crippen LogP contribution in [0.15, 0.2) is 27.8 Å². The Morgan fingerprint density at radius 1 is 1.13 bits per heavy atom. The molecule has 0 aromatic carbocycles. The molecule has 1 N–H and O–H groups in total. The Morgan fingerprint density at radius 2 is 1.92 bits per heavy atom. The largest absolute Gasteiger partial charge is 0.439 e. The highest BCUT2D eigenvalue weighted by Crippen LogP contribution is 2.39. The SMILES string of the molecule is COC(c1nc2nc(-c3noc(=O)[nH]3)nc(-c3cncc(Cl)c3)c2n1C[C@H]1CC[C@H](C)CC1)C1CCOCC1. The summed E-state index contributed by atoms with van der Waals surface area (Å²) in [6, 6.07) is 1.82. The number of rotatable bonds is 7. The lowest BCUT2D eigenvalue weighted by Gasteiger charge is -2.31. The van der Waals surface area contributed by atoms with E-state index in [0.717, 1.165) is 49.5 Å². The first kappa shape index (κ1) is 26.1. The zero-order valence-corrected chi connectivity index (χ0v) is 22.9. The number of nitrogens with zero attached hydrogens (tertiary/aromatic N) is 6. The van der Waals surface area contributed by atoms with Crippen LogP contribution >= 0.6 is 11.6 Å². The number of aromatic nitrogens is 7. The van der Waals surface area contributed by atoms with E-state index in [1.807, 2.05) is 6.07 Å². The van der Waals surface area contributed by atoms with E-state index >= 15 is 0 Å². The highest BCUT2D eigenvalue weighted by Gasteiger charge is 2.33. The molecule has 206 valence electrons. The van der Waals surface area contributed by atoms with Crippen LogP contribution in [0.4, 0.5) is 0 Å². The van der Waals surface area contributed by atoms with Crippen LogP contribution in [0.25, 0.3) is 34.1 Å². The summed E-state index contributed by atoms with van der Waals surface area (Å²) in [6.07, 6.45) is 9.59. The molecule has 1 unspecified atom stereocenters. The highest BCUT2D eigenvalue weighted by molar-refractivity contribution is 6.30. The number of imidazole rings is 1. The van der Waals surface area contributed by atoms with Crippen molar-refractivity contribution in [2.24, 2.45) is 17.8 Å². The minimum absolute atomic E-state index is 0.128. The van der Waals surface area contributed by atoms with Crippen molar-refractivity contribution < 1.29 is 14.0 Å². The van der Waals surface area contributed by atoms with Gasteiger partial charge in [-0.25, -0.2) is 19.7 Å². The lowest BCUT2D eigenvalue weighted by atomic mass is 9.83. The van der Waals surface area contributed by atoms with Gasteiger partial charge in [-0.1, -0.05) is 36.5 Å². The summed E-state index contributed by atoms with van der Waals surface area (Å²) in [7, 11) is 1.74. The summed E-state index contributed by atoms with van der Waals surface area (Å²) in [6.45, 7) is 4.52. The molecule has 4 aromatic rings. The predicted octanol–water partition coefficient (Wildman–Crippen LogP) is 4.83. The van der Waals surface area contributed by atoms with Gasteiger partial charge in [0.15, 0.2) is 5.65 Å². The third kappa shape index (κ3) is 5.35. The lowest BCUT2D eigenvalue weighted by Crippen LogP contribution is -2.27. The molecular weight excluding hydrogens is 522 g/mol. The summed E-state index contributed by atoms with van der Waals surface area (Å²) in [5, 5.41) is 4.30. The van der Waals surface area contributed by atoms with Crippen LogP contribution in [0.3, 0.4) is 0 Å². The van der Waals surface area contributed by atoms with Crippen LogP contribution in [0.2, 0.25) is 5.02 Å². The molecule has 1 saturated heterocycles. The average molecular weight is 554 g/mol. The van der Waals surface area contributed by atoms with E-state index in [9.17, 15) is 4.79 Å². The topological polar surface area (TPSA) is 134 Å². The average Bonchev–Trinajstić information content (AvgIpc) is 3.54. The van der Waals surface area contributed by atoms with Crippen LogP contribution < -0.4 is 5.76 Å². The van der Waals surface area contributed by atoms with Crippen molar-refractivity contribution in [2.45, 2.75) is 58.1 Å². The summed E-state index contributed by atoms with van der Waals surface area (Å²) in [5.41, 5.74) is 2.61. The second-order valence-corrected chi connectivity index (χ2v) is 11.2. The Hall–Kier alpha value is -3.15. The number of fused-ring (bicyclic) bond motifs is 1. The van der Waals surface area contributed by atoms with Gasteiger partial charge in [-0.3, -0.25) is 14.5 Å². The predicted molar refractivity (Wildman–Crippen MR) is 144 cm³/mol. The van der Waals surface area contributed by atoms with Crippen LogP contribution in [0, 0.1) is 17.8 Å². The number of hydrogen-bond acceptors (Lipinski definition) is 9. The van der Waals surface area contributed by atoms with Crippen molar-refractivity contribution in [3.8, 4) is 22.9 Å². The molecule has 4 aromatic heterocycles. The van der Waals surface area contributed by atoms with E-state index in [2.05, 4.69) is 26.6 Å². The molecule has 1 saturated carbocycles. The van der Waals surface area contributed by atoms with E-state index in [0.29, 0.717) is 41.1 Å². The Labute approximate surface area is 230 Å². The van der Waals surface area contributed by atoms with Crippen LogP contribution in [-0.2, 0) is 16.0 Å². The van der Waals surface area contributed by atoms with Gasteiger partial charge < -0.3 is 14.0 Å². The molecule has 0 spiro atoms. The van der Waals surface area contributed by atoms with E-state index in [1.165, 1.54) is 12.8 Å². The number of pyridine rings is 1. The number of halogens is 1. The first-order valence-electron chi connectivity index (χ1n) is 13.6. The molecule has 1 aliphatic carbocycles. The van der Waals surface area contributed by atoms with Crippen molar-refractivity contribution in [1.29, 1.82) is 0 Å². The lowest BCUT2D eigenvalue weighted by molar-refractivity contribution is -0.0200. The molecule has 2 aliphatic rings. The molecule has 11 nitrogen and oxygen atoms in total. The molecule has 5 heterocycles. The van der Waals surface area contributed by atoms with Gasteiger partial charge in [0.05, 0.1) is 5.02 Å². The van der Waals surface area contributed by atoms with Gasteiger partial charge in [0.25, 0.3) is 0 Å². The fraction of sp³-hybridized carbons (Fsp3) is 0.556. The van der Waals surface area contributed by atoms with Crippen molar-refractivity contribution in [2.75, 3.05) is 20.3 Å². The van der Waals surface area contributed by atoms with Crippen molar-refractivity contribution in [3.05, 3.63) is 39.9 Å². The van der Waals surface area contributed by atoms with Gasteiger partial charge in [-0.2, -0.15) is 0 Å². The quantitative estimate of drug-likeness (QED) is 0.341. The minimum Gasteiger partial charge on any atom is -0.381 e. The number of methoxy groups -OCH3 is 1. The molecular formula is C27H32ClN7O4. The van der Waals surface area contributed by atoms with Crippen LogP contribution in [0.1, 0.15) is 57.4 Å². The Morgan fingerprint density at radius 3 is 2.62 bits per heavy atom. The van der Waals surface area contributed by atoms with Crippen molar-refractivity contribution in [1.82, 2.24) is 34.6 Å². The number of ether oxygens (including phenoxy) is 2.